The molecule has 76 valence electrons. The molecule has 1 aliphatic rings. The van der Waals surface area contributed by atoms with Gasteiger partial charge in [-0.25, -0.2) is 13.8 Å². The standard InChI is InChI=1S/C8H7ClF2N2O/c9-6-2-12-4-13(7(6)14)3-5-1-8(5,10)11/h2,4-5H,1,3H2. The lowest BCUT2D eigenvalue weighted by atomic mass is 10.4. The van der Waals surface area contributed by atoms with Gasteiger partial charge < -0.3 is 0 Å². The van der Waals surface area contributed by atoms with Crippen LogP contribution in [0.5, 0.6) is 0 Å². The number of hydrogen-bond donors (Lipinski definition) is 0. The lowest BCUT2D eigenvalue weighted by Gasteiger charge is -2.03. The maximum absolute atomic E-state index is 12.5. The number of rotatable bonds is 2. The number of aromatic nitrogens is 2. The minimum Gasteiger partial charge on any atom is -0.297 e. The third-order valence-corrected chi connectivity index (χ3v) is 2.49. The molecular formula is C8H7ClF2N2O. The highest BCUT2D eigenvalue weighted by Crippen LogP contribution is 2.49. The topological polar surface area (TPSA) is 34.9 Å². The van der Waals surface area contributed by atoms with E-state index in [0.717, 1.165) is 4.57 Å². The average molecular weight is 221 g/mol. The first-order valence-corrected chi connectivity index (χ1v) is 4.46. The second-order valence-corrected chi connectivity index (χ2v) is 3.77. The number of nitrogens with zero attached hydrogens (tertiary/aromatic N) is 2. The predicted octanol–water partition coefficient (Wildman–Crippen LogP) is 1.55. The summed E-state index contributed by atoms with van der Waals surface area (Å²) in [5, 5.41) is -0.0449. The maximum atomic E-state index is 12.5. The fourth-order valence-electron chi connectivity index (χ4n) is 1.26. The summed E-state index contributed by atoms with van der Waals surface area (Å²) >= 11 is 5.51. The lowest BCUT2D eigenvalue weighted by Crippen LogP contribution is -2.22. The summed E-state index contributed by atoms with van der Waals surface area (Å²) in [4.78, 5) is 14.9. The molecule has 0 bridgehead atoms. The summed E-state index contributed by atoms with van der Waals surface area (Å²) in [6.07, 6.45) is 2.26. The smallest absolute Gasteiger partial charge is 0.272 e. The van der Waals surface area contributed by atoms with Gasteiger partial charge in [0.1, 0.15) is 5.02 Å². The summed E-state index contributed by atoms with van der Waals surface area (Å²) < 4.78 is 26.2. The molecule has 1 atom stereocenters. The van der Waals surface area contributed by atoms with E-state index in [-0.39, 0.29) is 18.0 Å². The molecular weight excluding hydrogens is 214 g/mol. The molecule has 2 rings (SSSR count). The fraction of sp³-hybridized carbons (Fsp3) is 0.500. The van der Waals surface area contributed by atoms with Gasteiger partial charge in [-0.05, 0) is 0 Å². The summed E-state index contributed by atoms with van der Waals surface area (Å²) in [5.41, 5.74) is -0.468. The van der Waals surface area contributed by atoms with Crippen LogP contribution in [0.3, 0.4) is 0 Å². The van der Waals surface area contributed by atoms with Crippen molar-refractivity contribution < 1.29 is 8.78 Å². The van der Waals surface area contributed by atoms with Crippen LogP contribution in [0.1, 0.15) is 6.42 Å². The minimum absolute atomic E-state index is 0.0145. The maximum Gasteiger partial charge on any atom is 0.272 e. The Morgan fingerprint density at radius 1 is 1.71 bits per heavy atom. The predicted molar refractivity (Wildman–Crippen MR) is 46.6 cm³/mol. The molecule has 0 saturated heterocycles. The number of alkyl halides is 2. The molecule has 0 aromatic carbocycles. The van der Waals surface area contributed by atoms with Gasteiger partial charge in [-0.15, -0.1) is 0 Å². The van der Waals surface area contributed by atoms with Crippen LogP contribution in [0.2, 0.25) is 5.02 Å². The van der Waals surface area contributed by atoms with Crippen molar-refractivity contribution in [2.45, 2.75) is 18.9 Å². The first-order valence-electron chi connectivity index (χ1n) is 4.08. The molecule has 0 radical (unpaired) electrons. The molecule has 3 nitrogen and oxygen atoms in total. The van der Waals surface area contributed by atoms with Crippen molar-refractivity contribution in [1.82, 2.24) is 9.55 Å². The van der Waals surface area contributed by atoms with E-state index in [0.29, 0.717) is 0 Å². The molecule has 14 heavy (non-hydrogen) atoms. The molecule has 0 spiro atoms. The Morgan fingerprint density at radius 2 is 2.36 bits per heavy atom. The van der Waals surface area contributed by atoms with Gasteiger partial charge in [-0.2, -0.15) is 0 Å². The van der Waals surface area contributed by atoms with Crippen LogP contribution in [0, 0.1) is 5.92 Å². The Bertz CT molecular complexity index is 418. The van der Waals surface area contributed by atoms with Crippen LogP contribution in [0.4, 0.5) is 8.78 Å². The average Bonchev–Trinajstić information content (AvgIpc) is 2.68. The highest BCUT2D eigenvalue weighted by molar-refractivity contribution is 6.30. The van der Waals surface area contributed by atoms with Crippen molar-refractivity contribution in [1.29, 1.82) is 0 Å². The molecule has 1 unspecified atom stereocenters. The monoisotopic (exact) mass is 220 g/mol. The molecule has 1 saturated carbocycles. The van der Waals surface area contributed by atoms with E-state index in [1.54, 1.807) is 0 Å². The zero-order valence-electron chi connectivity index (χ0n) is 7.08. The zero-order valence-corrected chi connectivity index (χ0v) is 7.84. The van der Waals surface area contributed by atoms with Crippen molar-refractivity contribution >= 4 is 11.6 Å². The fourth-order valence-corrected chi connectivity index (χ4v) is 1.42. The van der Waals surface area contributed by atoms with Gasteiger partial charge in [0.05, 0.1) is 12.5 Å². The summed E-state index contributed by atoms with van der Waals surface area (Å²) in [6, 6.07) is 0. The minimum atomic E-state index is -2.62. The van der Waals surface area contributed by atoms with E-state index in [2.05, 4.69) is 4.98 Å². The van der Waals surface area contributed by atoms with Crippen LogP contribution in [-0.2, 0) is 6.54 Å². The van der Waals surface area contributed by atoms with Gasteiger partial charge in [0, 0.05) is 18.9 Å². The molecule has 1 heterocycles. The van der Waals surface area contributed by atoms with E-state index < -0.39 is 17.4 Å². The van der Waals surface area contributed by atoms with Crippen molar-refractivity contribution in [2.24, 2.45) is 5.92 Å². The van der Waals surface area contributed by atoms with Gasteiger partial charge in [0.25, 0.3) is 11.5 Å². The second-order valence-electron chi connectivity index (χ2n) is 3.36. The summed E-state index contributed by atoms with van der Waals surface area (Å²) in [7, 11) is 0. The third-order valence-electron chi connectivity index (χ3n) is 2.23. The second kappa shape index (κ2) is 3.02. The van der Waals surface area contributed by atoms with Crippen molar-refractivity contribution in [3.8, 4) is 0 Å². The van der Waals surface area contributed by atoms with E-state index >= 15 is 0 Å². The van der Waals surface area contributed by atoms with E-state index in [1.165, 1.54) is 12.5 Å². The van der Waals surface area contributed by atoms with Crippen LogP contribution in [0.15, 0.2) is 17.3 Å². The van der Waals surface area contributed by atoms with Gasteiger partial charge in [-0.3, -0.25) is 9.36 Å². The van der Waals surface area contributed by atoms with Crippen molar-refractivity contribution in [3.05, 3.63) is 27.9 Å². The SMILES string of the molecule is O=c1c(Cl)cncn1CC1CC1(F)F. The van der Waals surface area contributed by atoms with Gasteiger partial charge in [0.15, 0.2) is 0 Å². The molecule has 0 aliphatic heterocycles. The Balaban J connectivity index is 2.19. The van der Waals surface area contributed by atoms with Crippen LogP contribution in [-0.4, -0.2) is 15.5 Å². The Kier molecular flexibility index (Phi) is 2.06. The zero-order chi connectivity index (χ0) is 10.3. The van der Waals surface area contributed by atoms with E-state index in [9.17, 15) is 13.6 Å². The molecule has 1 aromatic heterocycles. The Labute approximate surface area is 83.3 Å². The number of halogens is 3. The highest BCUT2D eigenvalue weighted by Gasteiger charge is 2.56. The summed E-state index contributed by atoms with van der Waals surface area (Å²) in [6.45, 7) is -0.0145. The van der Waals surface area contributed by atoms with Crippen LogP contribution < -0.4 is 5.56 Å². The van der Waals surface area contributed by atoms with Gasteiger partial charge in [0.2, 0.25) is 0 Å². The van der Waals surface area contributed by atoms with Gasteiger partial charge >= 0.3 is 0 Å². The normalized spacial score (nSPS) is 23.5. The highest BCUT2D eigenvalue weighted by atomic mass is 35.5. The van der Waals surface area contributed by atoms with E-state index in [1.807, 2.05) is 0 Å². The van der Waals surface area contributed by atoms with Crippen molar-refractivity contribution in [3.63, 3.8) is 0 Å². The molecule has 1 fully saturated rings. The van der Waals surface area contributed by atoms with Crippen LogP contribution >= 0.6 is 11.6 Å². The van der Waals surface area contributed by atoms with Crippen molar-refractivity contribution in [2.75, 3.05) is 0 Å². The quantitative estimate of drug-likeness (QED) is 0.758. The van der Waals surface area contributed by atoms with Gasteiger partial charge in [-0.1, -0.05) is 11.6 Å². The molecule has 6 heteroatoms. The molecule has 0 N–H and O–H groups in total. The Hall–Kier alpha value is -0.970. The molecule has 1 aliphatic carbocycles. The molecule has 0 amide bonds. The van der Waals surface area contributed by atoms with Crippen LogP contribution in [0.25, 0.3) is 0 Å². The first-order chi connectivity index (χ1) is 6.50. The summed E-state index contributed by atoms with van der Waals surface area (Å²) in [5.74, 6) is -3.37. The third kappa shape index (κ3) is 1.64. The lowest BCUT2D eigenvalue weighted by molar-refractivity contribution is 0.0948. The molecule has 1 aromatic rings. The largest absolute Gasteiger partial charge is 0.297 e. The number of hydrogen-bond acceptors (Lipinski definition) is 2. The Morgan fingerprint density at radius 3 is 2.93 bits per heavy atom. The first kappa shape index (κ1) is 9.58. The van der Waals surface area contributed by atoms with E-state index in [4.69, 9.17) is 11.6 Å².